The van der Waals surface area contributed by atoms with Crippen LogP contribution in [0.5, 0.6) is 5.75 Å². The number of hydrogen-bond donors (Lipinski definition) is 2. The van der Waals surface area contributed by atoms with Gasteiger partial charge in [0.15, 0.2) is 0 Å². The lowest BCUT2D eigenvalue weighted by atomic mass is 10.0. The van der Waals surface area contributed by atoms with E-state index in [1.807, 2.05) is 51.1 Å². The van der Waals surface area contributed by atoms with Crippen LogP contribution in [-0.2, 0) is 0 Å². The Kier molecular flexibility index (Phi) is 3.46. The Morgan fingerprint density at radius 2 is 1.44 bits per heavy atom. The lowest BCUT2D eigenvalue weighted by Crippen LogP contribution is -2.04. The van der Waals surface area contributed by atoms with E-state index in [2.05, 4.69) is 25.3 Å². The van der Waals surface area contributed by atoms with E-state index in [0.29, 0.717) is 11.9 Å². The van der Waals surface area contributed by atoms with Crippen molar-refractivity contribution in [2.75, 3.05) is 5.32 Å². The Bertz CT molecular complexity index is 1100. The second kappa shape index (κ2) is 5.66. The van der Waals surface area contributed by atoms with Crippen molar-refractivity contribution in [3.63, 3.8) is 0 Å². The average molecular weight is 331 g/mol. The van der Waals surface area contributed by atoms with E-state index in [-0.39, 0.29) is 5.75 Å². The molecule has 4 aromatic rings. The van der Waals surface area contributed by atoms with E-state index in [1.54, 1.807) is 6.07 Å². The number of anilines is 2. The maximum absolute atomic E-state index is 10.1. The van der Waals surface area contributed by atoms with Crippen molar-refractivity contribution < 1.29 is 5.11 Å². The quantitative estimate of drug-likeness (QED) is 0.541. The molecule has 0 atom stereocenters. The molecule has 2 aromatic heterocycles. The van der Waals surface area contributed by atoms with Crippen LogP contribution < -0.4 is 5.32 Å². The highest BCUT2D eigenvalue weighted by molar-refractivity contribution is 6.08. The first kappa shape index (κ1) is 15.3. The Morgan fingerprint density at radius 1 is 0.760 bits per heavy atom. The van der Waals surface area contributed by atoms with E-state index in [1.165, 1.54) is 0 Å². The molecule has 4 rings (SSSR count). The van der Waals surface area contributed by atoms with Crippen molar-refractivity contribution in [3.8, 4) is 5.75 Å². The molecule has 6 nitrogen and oxygen atoms in total. The van der Waals surface area contributed by atoms with Crippen LogP contribution in [0.2, 0.25) is 0 Å². The number of fused-ring (bicyclic) bond motifs is 3. The fraction of sp³-hybridized carbons (Fsp3) is 0.158. The minimum Gasteiger partial charge on any atom is -0.507 e. The number of phenolic OH excluding ortho intramolecular Hbond substituents is 1. The average Bonchev–Trinajstić information content (AvgIpc) is 2.54. The molecule has 6 heteroatoms. The number of aromatic nitrogens is 4. The van der Waals surface area contributed by atoms with Gasteiger partial charge in [-0.2, -0.15) is 0 Å². The largest absolute Gasteiger partial charge is 0.507 e. The Hall–Kier alpha value is -3.28. The van der Waals surface area contributed by atoms with Crippen molar-refractivity contribution in [3.05, 3.63) is 53.5 Å². The van der Waals surface area contributed by atoms with Gasteiger partial charge in [0.1, 0.15) is 5.75 Å². The highest BCUT2D eigenvalue weighted by atomic mass is 16.3. The topological polar surface area (TPSA) is 83.8 Å². The maximum Gasteiger partial charge on any atom is 0.230 e. The predicted octanol–water partition coefficient (Wildman–Crippen LogP) is 3.95. The highest BCUT2D eigenvalue weighted by Crippen LogP contribution is 2.31. The Balaban J connectivity index is 1.90. The molecule has 2 heterocycles. The summed E-state index contributed by atoms with van der Waals surface area (Å²) >= 11 is 0. The number of rotatable bonds is 2. The number of nitrogens with one attached hydrogen (secondary N) is 1. The van der Waals surface area contributed by atoms with Gasteiger partial charge in [-0.25, -0.2) is 19.9 Å². The molecule has 0 aliphatic rings. The molecule has 0 aliphatic heterocycles. The smallest absolute Gasteiger partial charge is 0.230 e. The Morgan fingerprint density at radius 3 is 2.20 bits per heavy atom. The molecule has 124 valence electrons. The molecular weight excluding hydrogens is 314 g/mol. The van der Waals surface area contributed by atoms with Crippen LogP contribution in [0, 0.1) is 20.8 Å². The fourth-order valence-electron chi connectivity index (χ4n) is 3.03. The van der Waals surface area contributed by atoms with Crippen LogP contribution in [0.3, 0.4) is 0 Å². The molecular formula is C19H17N5O. The summed E-state index contributed by atoms with van der Waals surface area (Å²) in [6, 6.07) is 11.2. The van der Waals surface area contributed by atoms with Crippen LogP contribution in [0.25, 0.3) is 21.7 Å². The molecule has 0 unspecified atom stereocenters. The van der Waals surface area contributed by atoms with Crippen molar-refractivity contribution in [2.45, 2.75) is 20.8 Å². The molecule has 0 saturated carbocycles. The molecule has 2 N–H and O–H groups in total. The van der Waals surface area contributed by atoms with Crippen molar-refractivity contribution in [1.29, 1.82) is 0 Å². The Labute approximate surface area is 144 Å². The summed E-state index contributed by atoms with van der Waals surface area (Å²) in [5.74, 6) is 1.15. The summed E-state index contributed by atoms with van der Waals surface area (Å²) in [5, 5.41) is 15.8. The number of nitrogens with zero attached hydrogens (tertiary/aromatic N) is 4. The van der Waals surface area contributed by atoms with Crippen LogP contribution in [0.15, 0.2) is 36.4 Å². The third-order valence-electron chi connectivity index (χ3n) is 4.10. The van der Waals surface area contributed by atoms with E-state index in [4.69, 9.17) is 0 Å². The van der Waals surface area contributed by atoms with Crippen LogP contribution in [0.4, 0.5) is 11.9 Å². The molecule has 0 fully saturated rings. The minimum absolute atomic E-state index is 0.239. The summed E-state index contributed by atoms with van der Waals surface area (Å²) in [6.07, 6.45) is 0. The number of aryl methyl sites for hydroxylation is 3. The van der Waals surface area contributed by atoms with E-state index in [0.717, 1.165) is 38.8 Å². The van der Waals surface area contributed by atoms with Gasteiger partial charge in [-0.15, -0.1) is 0 Å². The molecule has 0 saturated heterocycles. The zero-order valence-electron chi connectivity index (χ0n) is 14.2. The first-order valence-corrected chi connectivity index (χ1v) is 7.99. The molecule has 25 heavy (non-hydrogen) atoms. The van der Waals surface area contributed by atoms with Gasteiger partial charge in [0, 0.05) is 27.5 Å². The zero-order valence-corrected chi connectivity index (χ0v) is 14.2. The van der Waals surface area contributed by atoms with E-state index in [9.17, 15) is 5.11 Å². The lowest BCUT2D eigenvalue weighted by Gasteiger charge is -2.10. The number of benzene rings is 2. The summed E-state index contributed by atoms with van der Waals surface area (Å²) in [4.78, 5) is 17.9. The predicted molar refractivity (Wildman–Crippen MR) is 98.2 cm³/mol. The minimum atomic E-state index is 0.239. The summed E-state index contributed by atoms with van der Waals surface area (Å²) in [5.41, 5.74) is 3.39. The number of aromatic hydroxyl groups is 1. The third kappa shape index (κ3) is 2.71. The van der Waals surface area contributed by atoms with E-state index < -0.39 is 0 Å². The normalized spacial score (nSPS) is 11.2. The van der Waals surface area contributed by atoms with Crippen LogP contribution in [-0.4, -0.2) is 25.0 Å². The second-order valence-electron chi connectivity index (χ2n) is 6.07. The third-order valence-corrected chi connectivity index (χ3v) is 4.10. The van der Waals surface area contributed by atoms with Gasteiger partial charge in [-0.3, -0.25) is 5.32 Å². The maximum atomic E-state index is 10.1. The zero-order chi connectivity index (χ0) is 17.6. The van der Waals surface area contributed by atoms with Crippen molar-refractivity contribution in [1.82, 2.24) is 19.9 Å². The SMILES string of the molecule is Cc1cc(C)nc(Nc2nc(C)c3ccc4c(O)cccc4c3n2)n1. The van der Waals surface area contributed by atoms with Gasteiger partial charge in [0.25, 0.3) is 0 Å². The summed E-state index contributed by atoms with van der Waals surface area (Å²) < 4.78 is 0. The van der Waals surface area contributed by atoms with Gasteiger partial charge in [0.05, 0.1) is 11.2 Å². The summed E-state index contributed by atoms with van der Waals surface area (Å²) in [6.45, 7) is 5.78. The van der Waals surface area contributed by atoms with Gasteiger partial charge in [-0.05, 0) is 39.0 Å². The van der Waals surface area contributed by atoms with Gasteiger partial charge in [-0.1, -0.05) is 18.2 Å². The molecule has 0 radical (unpaired) electrons. The lowest BCUT2D eigenvalue weighted by molar-refractivity contribution is 0.481. The molecule has 2 aromatic carbocycles. The first-order valence-electron chi connectivity index (χ1n) is 7.99. The number of hydrogen-bond acceptors (Lipinski definition) is 6. The van der Waals surface area contributed by atoms with E-state index >= 15 is 0 Å². The molecule has 0 amide bonds. The highest BCUT2D eigenvalue weighted by Gasteiger charge is 2.11. The van der Waals surface area contributed by atoms with Crippen molar-refractivity contribution in [2.24, 2.45) is 0 Å². The first-order chi connectivity index (χ1) is 12.0. The van der Waals surface area contributed by atoms with Crippen LogP contribution in [0.1, 0.15) is 17.1 Å². The van der Waals surface area contributed by atoms with Gasteiger partial charge >= 0.3 is 0 Å². The summed E-state index contributed by atoms with van der Waals surface area (Å²) in [7, 11) is 0. The standard InChI is InChI=1S/C19H17N5O/c1-10-9-11(2)21-18(20-10)24-19-22-12(3)13-7-8-14-15(17(13)23-19)5-4-6-16(14)25/h4-9,25H,1-3H3,(H,20,21,22,23,24). The molecule has 0 bridgehead atoms. The molecule has 0 spiro atoms. The van der Waals surface area contributed by atoms with Crippen molar-refractivity contribution >= 4 is 33.6 Å². The molecule has 0 aliphatic carbocycles. The monoisotopic (exact) mass is 331 g/mol. The van der Waals surface area contributed by atoms with Gasteiger partial charge < -0.3 is 5.11 Å². The van der Waals surface area contributed by atoms with Gasteiger partial charge in [0.2, 0.25) is 11.9 Å². The number of phenols is 1. The van der Waals surface area contributed by atoms with Crippen LogP contribution >= 0.6 is 0 Å². The fourth-order valence-corrected chi connectivity index (χ4v) is 3.03. The second-order valence-corrected chi connectivity index (χ2v) is 6.07.